The van der Waals surface area contributed by atoms with Gasteiger partial charge >= 0.3 is 0 Å². The van der Waals surface area contributed by atoms with Crippen molar-refractivity contribution in [1.82, 2.24) is 0 Å². The molecule has 1 saturated carbocycles. The van der Waals surface area contributed by atoms with Crippen LogP contribution in [-0.4, -0.2) is 0 Å². The molecular weight excluding hydrogens is 204 g/mol. The van der Waals surface area contributed by atoms with Gasteiger partial charge in [-0.15, -0.1) is 0 Å². The normalized spacial score (nSPS) is 39.0. The Morgan fingerprint density at radius 1 is 0.824 bits per heavy atom. The molecule has 96 valence electrons. The molecule has 0 heterocycles. The number of rotatable bonds is 0. The van der Waals surface area contributed by atoms with Crippen LogP contribution in [0.1, 0.15) is 77.6 Å². The molecule has 0 N–H and O–H groups in total. The summed E-state index contributed by atoms with van der Waals surface area (Å²) in [6.45, 7) is 2.55. The molecule has 0 heteroatoms. The molecule has 0 spiro atoms. The second-order valence-corrected chi connectivity index (χ2v) is 6.74. The minimum absolute atomic E-state index is 0.933. The van der Waals surface area contributed by atoms with E-state index in [1.807, 2.05) is 11.1 Å². The second kappa shape index (κ2) is 5.16. The number of allylic oxidation sites excluding steroid dienone is 2. The Labute approximate surface area is 107 Å². The van der Waals surface area contributed by atoms with Gasteiger partial charge in [0.25, 0.3) is 0 Å². The predicted molar refractivity (Wildman–Crippen MR) is 74.0 cm³/mol. The summed E-state index contributed by atoms with van der Waals surface area (Å²) in [6, 6.07) is 0. The van der Waals surface area contributed by atoms with Crippen LogP contribution in [0.25, 0.3) is 0 Å². The molecule has 3 atom stereocenters. The van der Waals surface area contributed by atoms with Crippen LogP contribution in [0.4, 0.5) is 0 Å². The number of hydrogen-bond donors (Lipinski definition) is 0. The van der Waals surface area contributed by atoms with Crippen molar-refractivity contribution in [2.45, 2.75) is 77.6 Å². The third-order valence-corrected chi connectivity index (χ3v) is 5.80. The van der Waals surface area contributed by atoms with E-state index in [2.05, 4.69) is 6.92 Å². The fourth-order valence-corrected chi connectivity index (χ4v) is 4.85. The molecule has 0 aromatic carbocycles. The highest BCUT2D eigenvalue weighted by molar-refractivity contribution is 5.23. The predicted octanol–water partition coefficient (Wildman–Crippen LogP) is 5.48. The molecule has 0 amide bonds. The third-order valence-electron chi connectivity index (χ3n) is 5.80. The average molecular weight is 232 g/mol. The summed E-state index contributed by atoms with van der Waals surface area (Å²) in [5.74, 6) is 3.06. The van der Waals surface area contributed by atoms with E-state index in [9.17, 15) is 0 Å². The lowest BCUT2D eigenvalue weighted by Crippen LogP contribution is -2.32. The fourth-order valence-electron chi connectivity index (χ4n) is 4.85. The van der Waals surface area contributed by atoms with Crippen molar-refractivity contribution in [2.24, 2.45) is 17.8 Å². The minimum Gasteiger partial charge on any atom is -0.0704 e. The fraction of sp³-hybridized carbons (Fsp3) is 0.882. The standard InChI is InChI=1S/C17H28/c1-13-16-10-5-3-2-4-8-14(16)12-15-9-6-7-11-17(13)15/h13,15,17H,2-12H2,1H3. The molecule has 0 aromatic rings. The van der Waals surface area contributed by atoms with Gasteiger partial charge in [0.1, 0.15) is 0 Å². The summed E-state index contributed by atoms with van der Waals surface area (Å²) < 4.78 is 0. The Balaban J connectivity index is 1.84. The van der Waals surface area contributed by atoms with Gasteiger partial charge in [0.05, 0.1) is 0 Å². The van der Waals surface area contributed by atoms with E-state index in [4.69, 9.17) is 0 Å². The van der Waals surface area contributed by atoms with Crippen molar-refractivity contribution in [2.75, 3.05) is 0 Å². The third kappa shape index (κ3) is 2.33. The van der Waals surface area contributed by atoms with Gasteiger partial charge in [-0.3, -0.25) is 0 Å². The van der Waals surface area contributed by atoms with Crippen LogP contribution < -0.4 is 0 Å². The summed E-state index contributed by atoms with van der Waals surface area (Å²) in [6.07, 6.45) is 16.4. The number of fused-ring (bicyclic) bond motifs is 1. The molecule has 3 aliphatic carbocycles. The van der Waals surface area contributed by atoms with Crippen LogP contribution in [0.2, 0.25) is 0 Å². The molecular formula is C17H28. The first kappa shape index (κ1) is 11.8. The lowest BCUT2D eigenvalue weighted by molar-refractivity contribution is 0.166. The van der Waals surface area contributed by atoms with Crippen LogP contribution in [0, 0.1) is 17.8 Å². The maximum absolute atomic E-state index is 2.55. The maximum atomic E-state index is 2.55. The van der Waals surface area contributed by atoms with Crippen LogP contribution in [-0.2, 0) is 0 Å². The van der Waals surface area contributed by atoms with Crippen molar-refractivity contribution < 1.29 is 0 Å². The van der Waals surface area contributed by atoms with Gasteiger partial charge in [0, 0.05) is 0 Å². The zero-order chi connectivity index (χ0) is 11.7. The molecule has 1 fully saturated rings. The summed E-state index contributed by atoms with van der Waals surface area (Å²) in [5.41, 5.74) is 3.84. The Bertz CT molecular complexity index is 299. The molecule has 0 aliphatic heterocycles. The SMILES string of the molecule is CC1C2=C(CCCCCC2)CC2CCCCC21. The van der Waals surface area contributed by atoms with Crippen LogP contribution in [0.5, 0.6) is 0 Å². The van der Waals surface area contributed by atoms with Crippen molar-refractivity contribution in [3.63, 3.8) is 0 Å². The summed E-state index contributed by atoms with van der Waals surface area (Å²) >= 11 is 0. The van der Waals surface area contributed by atoms with Gasteiger partial charge in [-0.05, 0) is 62.7 Å². The second-order valence-electron chi connectivity index (χ2n) is 6.74. The highest BCUT2D eigenvalue weighted by Crippen LogP contribution is 2.48. The van der Waals surface area contributed by atoms with Crippen LogP contribution in [0.15, 0.2) is 11.1 Å². The Morgan fingerprint density at radius 3 is 2.47 bits per heavy atom. The quantitative estimate of drug-likeness (QED) is 0.485. The van der Waals surface area contributed by atoms with E-state index in [0.717, 1.165) is 17.8 Å². The highest BCUT2D eigenvalue weighted by atomic mass is 14.4. The smallest absolute Gasteiger partial charge is 0.0198 e. The first-order valence-corrected chi connectivity index (χ1v) is 8.07. The summed E-state index contributed by atoms with van der Waals surface area (Å²) in [7, 11) is 0. The van der Waals surface area contributed by atoms with Gasteiger partial charge in [0.2, 0.25) is 0 Å². The van der Waals surface area contributed by atoms with E-state index in [0.29, 0.717) is 0 Å². The number of hydrogen-bond acceptors (Lipinski definition) is 0. The zero-order valence-electron chi connectivity index (χ0n) is 11.5. The van der Waals surface area contributed by atoms with E-state index < -0.39 is 0 Å². The average Bonchev–Trinajstić information content (AvgIpc) is 2.32. The van der Waals surface area contributed by atoms with Crippen molar-refractivity contribution in [1.29, 1.82) is 0 Å². The van der Waals surface area contributed by atoms with E-state index >= 15 is 0 Å². The molecule has 17 heavy (non-hydrogen) atoms. The Hall–Kier alpha value is -0.260. The van der Waals surface area contributed by atoms with Gasteiger partial charge in [-0.2, -0.15) is 0 Å². The molecule has 0 aromatic heterocycles. The van der Waals surface area contributed by atoms with Gasteiger partial charge in [-0.1, -0.05) is 43.8 Å². The Kier molecular flexibility index (Phi) is 3.59. The van der Waals surface area contributed by atoms with Gasteiger partial charge < -0.3 is 0 Å². The van der Waals surface area contributed by atoms with Gasteiger partial charge in [-0.25, -0.2) is 0 Å². The minimum atomic E-state index is 0.933. The van der Waals surface area contributed by atoms with Gasteiger partial charge in [0.15, 0.2) is 0 Å². The maximum Gasteiger partial charge on any atom is -0.0198 e. The molecule has 3 aliphatic rings. The first-order valence-electron chi connectivity index (χ1n) is 8.07. The van der Waals surface area contributed by atoms with Crippen LogP contribution >= 0.6 is 0 Å². The van der Waals surface area contributed by atoms with Crippen molar-refractivity contribution >= 4 is 0 Å². The van der Waals surface area contributed by atoms with Crippen LogP contribution in [0.3, 0.4) is 0 Å². The summed E-state index contributed by atoms with van der Waals surface area (Å²) in [5, 5.41) is 0. The molecule has 0 radical (unpaired) electrons. The lowest BCUT2D eigenvalue weighted by atomic mass is 9.62. The lowest BCUT2D eigenvalue weighted by Gasteiger charge is -2.43. The zero-order valence-corrected chi connectivity index (χ0v) is 11.5. The van der Waals surface area contributed by atoms with E-state index in [1.165, 1.54) is 70.6 Å². The largest absolute Gasteiger partial charge is 0.0704 e. The molecule has 0 nitrogen and oxygen atoms in total. The van der Waals surface area contributed by atoms with E-state index in [1.54, 1.807) is 0 Å². The molecule has 0 saturated heterocycles. The molecule has 0 bridgehead atoms. The van der Waals surface area contributed by atoms with Crippen molar-refractivity contribution in [3.8, 4) is 0 Å². The van der Waals surface area contributed by atoms with E-state index in [-0.39, 0.29) is 0 Å². The summed E-state index contributed by atoms with van der Waals surface area (Å²) in [4.78, 5) is 0. The first-order chi connectivity index (χ1) is 8.36. The monoisotopic (exact) mass is 232 g/mol. The van der Waals surface area contributed by atoms with Crippen molar-refractivity contribution in [3.05, 3.63) is 11.1 Å². The molecule has 3 rings (SSSR count). The Morgan fingerprint density at radius 2 is 1.59 bits per heavy atom. The highest BCUT2D eigenvalue weighted by Gasteiger charge is 2.36. The molecule has 3 unspecified atom stereocenters. The topological polar surface area (TPSA) is 0 Å².